The van der Waals surface area contributed by atoms with E-state index in [-0.39, 0.29) is 12.4 Å². The van der Waals surface area contributed by atoms with Crippen molar-refractivity contribution in [1.82, 2.24) is 5.32 Å². The van der Waals surface area contributed by atoms with E-state index in [4.69, 9.17) is 4.74 Å². The fourth-order valence-electron chi connectivity index (χ4n) is 2.09. The van der Waals surface area contributed by atoms with Crippen molar-refractivity contribution in [2.24, 2.45) is 0 Å². The lowest BCUT2D eigenvalue weighted by atomic mass is 10.0. The SMILES string of the molecule is C=CCNCc1c(OCC)ccc2ccccc12.Cl. The minimum Gasteiger partial charge on any atom is -0.494 e. The molecular formula is C16H20ClNO. The highest BCUT2D eigenvalue weighted by molar-refractivity contribution is 5.87. The zero-order chi connectivity index (χ0) is 12.8. The first-order valence-electron chi connectivity index (χ1n) is 6.32. The van der Waals surface area contributed by atoms with Crippen LogP contribution in [0.2, 0.25) is 0 Å². The summed E-state index contributed by atoms with van der Waals surface area (Å²) in [5.41, 5.74) is 1.22. The number of hydrogen-bond acceptors (Lipinski definition) is 2. The van der Waals surface area contributed by atoms with E-state index in [2.05, 4.69) is 48.3 Å². The largest absolute Gasteiger partial charge is 0.494 e. The summed E-state index contributed by atoms with van der Waals surface area (Å²) in [5, 5.41) is 5.84. The highest BCUT2D eigenvalue weighted by atomic mass is 35.5. The van der Waals surface area contributed by atoms with Crippen molar-refractivity contribution in [2.45, 2.75) is 13.5 Å². The molecule has 2 nitrogen and oxygen atoms in total. The zero-order valence-electron chi connectivity index (χ0n) is 11.2. The zero-order valence-corrected chi connectivity index (χ0v) is 12.0. The molecule has 0 aliphatic carbocycles. The van der Waals surface area contributed by atoms with Crippen LogP contribution in [0.1, 0.15) is 12.5 Å². The molecule has 2 aromatic rings. The molecule has 19 heavy (non-hydrogen) atoms. The predicted molar refractivity (Wildman–Crippen MR) is 84.3 cm³/mol. The maximum absolute atomic E-state index is 5.71. The molecule has 0 fully saturated rings. The Kier molecular flexibility index (Phi) is 6.40. The van der Waals surface area contributed by atoms with E-state index in [1.54, 1.807) is 0 Å². The Balaban J connectivity index is 0.00000180. The van der Waals surface area contributed by atoms with Crippen LogP contribution in [-0.2, 0) is 6.54 Å². The minimum absolute atomic E-state index is 0. The topological polar surface area (TPSA) is 21.3 Å². The lowest BCUT2D eigenvalue weighted by Crippen LogP contribution is -2.14. The monoisotopic (exact) mass is 277 g/mol. The quantitative estimate of drug-likeness (QED) is 0.638. The summed E-state index contributed by atoms with van der Waals surface area (Å²) < 4.78 is 5.71. The first-order valence-corrected chi connectivity index (χ1v) is 6.32. The molecule has 2 aromatic carbocycles. The van der Waals surface area contributed by atoms with Gasteiger partial charge in [-0.1, -0.05) is 36.4 Å². The van der Waals surface area contributed by atoms with Crippen LogP contribution in [0.15, 0.2) is 49.1 Å². The van der Waals surface area contributed by atoms with Gasteiger partial charge in [-0.2, -0.15) is 0 Å². The molecular weight excluding hydrogens is 258 g/mol. The molecule has 0 aliphatic rings. The van der Waals surface area contributed by atoms with Gasteiger partial charge in [0, 0.05) is 18.7 Å². The second-order valence-corrected chi connectivity index (χ2v) is 4.12. The average Bonchev–Trinajstić information content (AvgIpc) is 2.41. The van der Waals surface area contributed by atoms with E-state index in [0.717, 1.165) is 18.8 Å². The van der Waals surface area contributed by atoms with Crippen molar-refractivity contribution in [3.8, 4) is 5.75 Å². The predicted octanol–water partition coefficient (Wildman–Crippen LogP) is 3.94. The van der Waals surface area contributed by atoms with Crippen LogP contribution in [-0.4, -0.2) is 13.2 Å². The molecule has 1 N–H and O–H groups in total. The van der Waals surface area contributed by atoms with Gasteiger partial charge in [-0.25, -0.2) is 0 Å². The van der Waals surface area contributed by atoms with E-state index >= 15 is 0 Å². The Bertz CT molecular complexity index is 539. The van der Waals surface area contributed by atoms with Crippen molar-refractivity contribution >= 4 is 23.2 Å². The third-order valence-electron chi connectivity index (χ3n) is 2.89. The van der Waals surface area contributed by atoms with Crippen molar-refractivity contribution < 1.29 is 4.74 Å². The maximum Gasteiger partial charge on any atom is 0.124 e. The Morgan fingerprint density at radius 1 is 1.21 bits per heavy atom. The maximum atomic E-state index is 5.71. The van der Waals surface area contributed by atoms with Crippen LogP contribution in [0.25, 0.3) is 10.8 Å². The van der Waals surface area contributed by atoms with E-state index < -0.39 is 0 Å². The second kappa shape index (κ2) is 7.82. The summed E-state index contributed by atoms with van der Waals surface area (Å²) in [5.74, 6) is 0.966. The van der Waals surface area contributed by atoms with Crippen molar-refractivity contribution in [1.29, 1.82) is 0 Å². The molecule has 0 saturated heterocycles. The van der Waals surface area contributed by atoms with Gasteiger partial charge in [-0.05, 0) is 23.8 Å². The second-order valence-electron chi connectivity index (χ2n) is 4.12. The standard InChI is InChI=1S/C16H19NO.ClH/c1-3-11-17-12-15-14-8-6-5-7-13(14)9-10-16(15)18-4-2;/h3,5-10,17H,1,4,11-12H2,2H3;1H. The van der Waals surface area contributed by atoms with Gasteiger partial charge < -0.3 is 10.1 Å². The van der Waals surface area contributed by atoms with Crippen LogP contribution >= 0.6 is 12.4 Å². The Morgan fingerprint density at radius 2 is 2.00 bits per heavy atom. The minimum atomic E-state index is 0. The fourth-order valence-corrected chi connectivity index (χ4v) is 2.09. The van der Waals surface area contributed by atoms with Gasteiger partial charge in [0.15, 0.2) is 0 Å². The summed E-state index contributed by atoms with van der Waals surface area (Å²) in [6, 6.07) is 12.6. The van der Waals surface area contributed by atoms with E-state index in [9.17, 15) is 0 Å². The fraction of sp³-hybridized carbons (Fsp3) is 0.250. The first-order chi connectivity index (χ1) is 8.86. The highest BCUT2D eigenvalue weighted by Crippen LogP contribution is 2.28. The molecule has 0 unspecified atom stereocenters. The number of rotatable bonds is 6. The molecule has 3 heteroatoms. The molecule has 0 bridgehead atoms. The molecule has 0 radical (unpaired) electrons. The van der Waals surface area contributed by atoms with Gasteiger partial charge in [-0.15, -0.1) is 19.0 Å². The first kappa shape index (κ1) is 15.5. The molecule has 0 saturated carbocycles. The van der Waals surface area contributed by atoms with E-state index in [0.29, 0.717) is 6.61 Å². The third kappa shape index (κ3) is 3.72. The van der Waals surface area contributed by atoms with Crippen molar-refractivity contribution in [3.63, 3.8) is 0 Å². The number of hydrogen-bond donors (Lipinski definition) is 1. The van der Waals surface area contributed by atoms with Gasteiger partial charge in [0.1, 0.15) is 5.75 Å². The van der Waals surface area contributed by atoms with Crippen LogP contribution in [0.5, 0.6) is 5.75 Å². The molecule has 2 rings (SSSR count). The average molecular weight is 278 g/mol. The van der Waals surface area contributed by atoms with Crippen LogP contribution in [0, 0.1) is 0 Å². The van der Waals surface area contributed by atoms with Crippen LogP contribution in [0.3, 0.4) is 0 Å². The summed E-state index contributed by atoms with van der Waals surface area (Å²) in [6.07, 6.45) is 1.87. The van der Waals surface area contributed by atoms with Gasteiger partial charge in [0.25, 0.3) is 0 Å². The van der Waals surface area contributed by atoms with Gasteiger partial charge >= 0.3 is 0 Å². The lowest BCUT2D eigenvalue weighted by Gasteiger charge is -2.13. The highest BCUT2D eigenvalue weighted by Gasteiger charge is 2.07. The summed E-state index contributed by atoms with van der Waals surface area (Å²) in [7, 11) is 0. The number of halogens is 1. The summed E-state index contributed by atoms with van der Waals surface area (Å²) in [6.45, 7) is 8.01. The smallest absolute Gasteiger partial charge is 0.124 e. The Hall–Kier alpha value is -1.51. The van der Waals surface area contributed by atoms with E-state index in [1.807, 2.05) is 13.0 Å². The van der Waals surface area contributed by atoms with Crippen LogP contribution in [0.4, 0.5) is 0 Å². The number of ether oxygens (including phenoxy) is 1. The van der Waals surface area contributed by atoms with Gasteiger partial charge in [-0.3, -0.25) is 0 Å². The summed E-state index contributed by atoms with van der Waals surface area (Å²) >= 11 is 0. The van der Waals surface area contributed by atoms with Crippen molar-refractivity contribution in [2.75, 3.05) is 13.2 Å². The van der Waals surface area contributed by atoms with Crippen LogP contribution < -0.4 is 10.1 Å². The molecule has 0 spiro atoms. The summed E-state index contributed by atoms with van der Waals surface area (Å²) in [4.78, 5) is 0. The molecule has 0 atom stereocenters. The molecule has 0 heterocycles. The molecule has 0 aromatic heterocycles. The number of nitrogens with one attached hydrogen (secondary N) is 1. The van der Waals surface area contributed by atoms with Gasteiger partial charge in [0.05, 0.1) is 6.61 Å². The molecule has 0 amide bonds. The van der Waals surface area contributed by atoms with Crippen molar-refractivity contribution in [3.05, 3.63) is 54.6 Å². The number of fused-ring (bicyclic) bond motifs is 1. The lowest BCUT2D eigenvalue weighted by molar-refractivity contribution is 0.336. The van der Waals surface area contributed by atoms with E-state index in [1.165, 1.54) is 16.3 Å². The van der Waals surface area contributed by atoms with Gasteiger partial charge in [0.2, 0.25) is 0 Å². The Morgan fingerprint density at radius 3 is 2.74 bits per heavy atom. The molecule has 102 valence electrons. The Labute approximate surface area is 120 Å². The number of benzene rings is 2. The normalized spacial score (nSPS) is 9.95. The molecule has 0 aliphatic heterocycles. The third-order valence-corrected chi connectivity index (χ3v) is 2.89.